The van der Waals surface area contributed by atoms with Crippen LogP contribution in [0.5, 0.6) is 0 Å². The number of nitrogens with zero attached hydrogens (tertiary/aromatic N) is 3. The molecule has 0 saturated carbocycles. The highest BCUT2D eigenvalue weighted by Crippen LogP contribution is 2.23. The topological polar surface area (TPSA) is 64.2 Å². The third-order valence-corrected chi connectivity index (χ3v) is 5.08. The summed E-state index contributed by atoms with van der Waals surface area (Å²) < 4.78 is 14.9. The van der Waals surface area contributed by atoms with Crippen LogP contribution in [0.15, 0.2) is 30.5 Å². The third kappa shape index (κ3) is 4.07. The largest absolute Gasteiger partial charge is 0.339 e. The fourth-order valence-electron chi connectivity index (χ4n) is 3.50. The summed E-state index contributed by atoms with van der Waals surface area (Å²) in [5, 5.41) is 4.37. The maximum Gasteiger partial charge on any atom is 0.257 e. The Balaban J connectivity index is 0.00000243. The van der Waals surface area contributed by atoms with Crippen LogP contribution in [-0.4, -0.2) is 39.7 Å². The van der Waals surface area contributed by atoms with Crippen LogP contribution in [-0.2, 0) is 6.42 Å². The minimum atomic E-state index is -0.290. The lowest BCUT2D eigenvalue weighted by Crippen LogP contribution is -2.42. The Bertz CT molecular complexity index is 736. The summed E-state index contributed by atoms with van der Waals surface area (Å²) in [4.78, 5) is 14.8. The number of nitrogens with two attached hydrogens (primary N) is 1. The number of hydrogen-bond acceptors (Lipinski definition) is 3. The molecule has 3 rings (SSSR count). The van der Waals surface area contributed by atoms with Gasteiger partial charge >= 0.3 is 0 Å². The molecule has 1 unspecified atom stereocenters. The molecular weight excluding hydrogens is 355 g/mol. The van der Waals surface area contributed by atoms with Crippen molar-refractivity contribution in [3.63, 3.8) is 0 Å². The van der Waals surface area contributed by atoms with E-state index in [1.165, 1.54) is 12.1 Å². The number of amides is 1. The Morgan fingerprint density at radius 2 is 1.92 bits per heavy atom. The molecule has 1 fully saturated rings. The minimum Gasteiger partial charge on any atom is -0.339 e. The van der Waals surface area contributed by atoms with Crippen molar-refractivity contribution in [3.05, 3.63) is 47.5 Å². The standard InChI is InChI=1S/C19H25FN4O.ClH/c1-3-18-17(12-22-24(18)16-6-4-15(20)5-7-16)19(25)23-10-8-14(9-11-23)13(2)21;/h4-7,12-14H,3,8-11,21H2,1-2H3;1H. The summed E-state index contributed by atoms with van der Waals surface area (Å²) in [7, 11) is 0. The average molecular weight is 381 g/mol. The molecule has 26 heavy (non-hydrogen) atoms. The highest BCUT2D eigenvalue weighted by Gasteiger charge is 2.28. The van der Waals surface area contributed by atoms with Gasteiger partial charge in [-0.1, -0.05) is 6.92 Å². The number of carbonyl (C=O) groups is 1. The summed E-state index contributed by atoms with van der Waals surface area (Å²) in [6.45, 7) is 5.49. The Kier molecular flexibility index (Phi) is 6.78. The van der Waals surface area contributed by atoms with E-state index in [0.717, 1.165) is 37.3 Å². The molecule has 1 aromatic heterocycles. The van der Waals surface area contributed by atoms with E-state index >= 15 is 0 Å². The molecule has 0 aliphatic carbocycles. The summed E-state index contributed by atoms with van der Waals surface area (Å²) in [5.74, 6) is 0.215. The van der Waals surface area contributed by atoms with Gasteiger partial charge in [-0.3, -0.25) is 4.79 Å². The smallest absolute Gasteiger partial charge is 0.257 e. The highest BCUT2D eigenvalue weighted by atomic mass is 35.5. The number of rotatable bonds is 4. The van der Waals surface area contributed by atoms with E-state index in [2.05, 4.69) is 5.10 Å². The second-order valence-electron chi connectivity index (χ2n) is 6.74. The van der Waals surface area contributed by atoms with Gasteiger partial charge < -0.3 is 10.6 Å². The fourth-order valence-corrected chi connectivity index (χ4v) is 3.50. The van der Waals surface area contributed by atoms with E-state index in [0.29, 0.717) is 17.9 Å². The van der Waals surface area contributed by atoms with Crippen LogP contribution >= 0.6 is 12.4 Å². The van der Waals surface area contributed by atoms with Gasteiger partial charge in [0, 0.05) is 19.1 Å². The molecular formula is C19H26ClFN4O. The Labute approximate surface area is 159 Å². The van der Waals surface area contributed by atoms with E-state index < -0.39 is 0 Å². The van der Waals surface area contributed by atoms with Gasteiger partial charge in [-0.25, -0.2) is 9.07 Å². The predicted octanol–water partition coefficient (Wildman–Crippen LogP) is 3.20. The van der Waals surface area contributed by atoms with Gasteiger partial charge in [0.15, 0.2) is 0 Å². The summed E-state index contributed by atoms with van der Waals surface area (Å²) in [6.07, 6.45) is 4.19. The van der Waals surface area contributed by atoms with Crippen LogP contribution in [0.2, 0.25) is 0 Å². The SMILES string of the molecule is CCc1c(C(=O)N2CCC(C(C)N)CC2)cnn1-c1ccc(F)cc1.Cl. The molecule has 5 nitrogen and oxygen atoms in total. The molecule has 1 saturated heterocycles. The summed E-state index contributed by atoms with van der Waals surface area (Å²) in [5.41, 5.74) is 8.22. The lowest BCUT2D eigenvalue weighted by molar-refractivity contribution is 0.0680. The first-order valence-electron chi connectivity index (χ1n) is 8.89. The van der Waals surface area contributed by atoms with Gasteiger partial charge in [0.2, 0.25) is 0 Å². The molecule has 142 valence electrons. The predicted molar refractivity (Wildman–Crippen MR) is 102 cm³/mol. The lowest BCUT2D eigenvalue weighted by atomic mass is 9.90. The first kappa shape index (κ1) is 20.4. The first-order chi connectivity index (χ1) is 12.0. The molecule has 0 spiro atoms. The van der Waals surface area contributed by atoms with Gasteiger partial charge in [-0.2, -0.15) is 5.10 Å². The second kappa shape index (κ2) is 8.64. The zero-order valence-electron chi connectivity index (χ0n) is 15.2. The molecule has 1 aliphatic rings. The van der Waals surface area contributed by atoms with Gasteiger partial charge in [-0.15, -0.1) is 12.4 Å². The zero-order chi connectivity index (χ0) is 18.0. The van der Waals surface area contributed by atoms with Crippen molar-refractivity contribution >= 4 is 18.3 Å². The molecule has 1 amide bonds. The van der Waals surface area contributed by atoms with E-state index in [9.17, 15) is 9.18 Å². The maximum absolute atomic E-state index is 13.2. The molecule has 0 bridgehead atoms. The van der Waals surface area contributed by atoms with Crippen LogP contribution in [0, 0.1) is 11.7 Å². The molecule has 0 radical (unpaired) electrons. The van der Waals surface area contributed by atoms with Crippen LogP contribution < -0.4 is 5.73 Å². The maximum atomic E-state index is 13.2. The van der Waals surface area contributed by atoms with Crippen molar-refractivity contribution in [2.75, 3.05) is 13.1 Å². The minimum absolute atomic E-state index is 0. The van der Waals surface area contributed by atoms with E-state index in [4.69, 9.17) is 5.73 Å². The number of halogens is 2. The van der Waals surface area contributed by atoms with Crippen LogP contribution in [0.3, 0.4) is 0 Å². The van der Waals surface area contributed by atoms with Crippen LogP contribution in [0.4, 0.5) is 4.39 Å². The quantitative estimate of drug-likeness (QED) is 0.885. The van der Waals surface area contributed by atoms with Gasteiger partial charge in [0.05, 0.1) is 23.1 Å². The van der Waals surface area contributed by atoms with Gasteiger partial charge in [0.1, 0.15) is 5.82 Å². The molecule has 2 heterocycles. The van der Waals surface area contributed by atoms with E-state index in [1.54, 1.807) is 23.0 Å². The molecule has 7 heteroatoms. The van der Waals surface area contributed by atoms with Crippen LogP contribution in [0.25, 0.3) is 5.69 Å². The lowest BCUT2D eigenvalue weighted by Gasteiger charge is -2.33. The number of carbonyl (C=O) groups excluding carboxylic acids is 1. The fraction of sp³-hybridized carbons (Fsp3) is 0.474. The monoisotopic (exact) mass is 380 g/mol. The number of benzene rings is 1. The molecule has 1 aliphatic heterocycles. The molecule has 2 N–H and O–H groups in total. The van der Waals surface area contributed by atoms with Gasteiger partial charge in [-0.05, 0) is 56.4 Å². The van der Waals surface area contributed by atoms with Crippen molar-refractivity contribution in [1.82, 2.24) is 14.7 Å². The normalized spacial score (nSPS) is 16.2. The zero-order valence-corrected chi connectivity index (χ0v) is 16.0. The highest BCUT2D eigenvalue weighted by molar-refractivity contribution is 5.95. The van der Waals surface area contributed by atoms with Crippen LogP contribution in [0.1, 0.15) is 42.7 Å². The Morgan fingerprint density at radius 3 is 2.46 bits per heavy atom. The Morgan fingerprint density at radius 1 is 1.31 bits per heavy atom. The van der Waals surface area contributed by atoms with Crippen molar-refractivity contribution in [2.24, 2.45) is 11.7 Å². The summed E-state index contributed by atoms with van der Waals surface area (Å²) >= 11 is 0. The van der Waals surface area contributed by atoms with Crippen molar-refractivity contribution in [1.29, 1.82) is 0 Å². The average Bonchev–Trinajstić information content (AvgIpc) is 3.05. The van der Waals surface area contributed by atoms with Crippen molar-refractivity contribution in [2.45, 2.75) is 39.2 Å². The van der Waals surface area contributed by atoms with E-state index in [1.807, 2.05) is 18.7 Å². The second-order valence-corrected chi connectivity index (χ2v) is 6.74. The first-order valence-corrected chi connectivity index (χ1v) is 8.89. The van der Waals surface area contributed by atoms with Crippen molar-refractivity contribution in [3.8, 4) is 5.69 Å². The van der Waals surface area contributed by atoms with E-state index in [-0.39, 0.29) is 30.2 Å². The van der Waals surface area contributed by atoms with Gasteiger partial charge in [0.25, 0.3) is 5.91 Å². The number of hydrogen-bond donors (Lipinski definition) is 1. The molecule has 2 aromatic rings. The number of piperidine rings is 1. The Hall–Kier alpha value is -1.92. The summed E-state index contributed by atoms with van der Waals surface area (Å²) in [6, 6.07) is 6.31. The number of likely N-dealkylation sites (tertiary alicyclic amines) is 1. The third-order valence-electron chi connectivity index (χ3n) is 5.08. The molecule has 1 atom stereocenters. The molecule has 1 aromatic carbocycles. The number of aromatic nitrogens is 2. The van der Waals surface area contributed by atoms with Crippen molar-refractivity contribution < 1.29 is 9.18 Å².